The number of benzene rings is 1. The SMILES string of the molecule is CNCc1ccc(Br)c(S(=O)(=O)N2CC3CCC2C3)c1. The first-order valence-electron chi connectivity index (χ1n) is 6.97. The monoisotopic (exact) mass is 358 g/mol. The first kappa shape index (κ1) is 14.5. The van der Waals surface area contributed by atoms with E-state index in [1.54, 1.807) is 10.4 Å². The number of rotatable bonds is 4. The van der Waals surface area contributed by atoms with Crippen molar-refractivity contribution in [3.05, 3.63) is 28.2 Å². The van der Waals surface area contributed by atoms with E-state index in [4.69, 9.17) is 0 Å². The maximum absolute atomic E-state index is 12.9. The van der Waals surface area contributed by atoms with Crippen LogP contribution in [0.2, 0.25) is 0 Å². The van der Waals surface area contributed by atoms with Crippen LogP contribution >= 0.6 is 15.9 Å². The molecule has 1 aromatic carbocycles. The third-order valence-corrected chi connectivity index (χ3v) is 7.23. The molecule has 1 aliphatic heterocycles. The normalized spacial score (nSPS) is 26.3. The summed E-state index contributed by atoms with van der Waals surface area (Å²) >= 11 is 3.39. The van der Waals surface area contributed by atoms with Crippen LogP contribution in [0, 0.1) is 5.92 Å². The van der Waals surface area contributed by atoms with E-state index < -0.39 is 10.0 Å². The third-order valence-electron chi connectivity index (χ3n) is 4.32. The molecule has 0 amide bonds. The molecule has 0 radical (unpaired) electrons. The van der Waals surface area contributed by atoms with Gasteiger partial charge in [0.25, 0.3) is 0 Å². The highest BCUT2D eigenvalue weighted by Gasteiger charge is 2.44. The molecule has 0 aromatic heterocycles. The van der Waals surface area contributed by atoms with E-state index in [2.05, 4.69) is 21.2 Å². The summed E-state index contributed by atoms with van der Waals surface area (Å²) in [6.07, 6.45) is 3.22. The molecule has 2 aliphatic rings. The van der Waals surface area contributed by atoms with Gasteiger partial charge in [-0.2, -0.15) is 4.31 Å². The molecule has 4 nitrogen and oxygen atoms in total. The Bertz CT molecular complexity index is 618. The number of fused-ring (bicyclic) bond motifs is 2. The fourth-order valence-corrected chi connectivity index (χ4v) is 6.08. The molecule has 20 heavy (non-hydrogen) atoms. The number of hydrogen-bond donors (Lipinski definition) is 1. The van der Waals surface area contributed by atoms with Gasteiger partial charge in [-0.05, 0) is 65.9 Å². The number of sulfonamides is 1. The highest BCUT2D eigenvalue weighted by Crippen LogP contribution is 2.41. The predicted octanol–water partition coefficient (Wildman–Crippen LogP) is 2.34. The molecular weight excluding hydrogens is 340 g/mol. The van der Waals surface area contributed by atoms with Crippen LogP contribution in [-0.4, -0.2) is 32.4 Å². The average molecular weight is 359 g/mol. The van der Waals surface area contributed by atoms with Gasteiger partial charge in [-0.1, -0.05) is 6.07 Å². The van der Waals surface area contributed by atoms with Crippen molar-refractivity contribution < 1.29 is 8.42 Å². The van der Waals surface area contributed by atoms with Gasteiger partial charge >= 0.3 is 0 Å². The summed E-state index contributed by atoms with van der Waals surface area (Å²) in [6.45, 7) is 1.36. The summed E-state index contributed by atoms with van der Waals surface area (Å²) in [5.74, 6) is 0.564. The fraction of sp³-hybridized carbons (Fsp3) is 0.571. The van der Waals surface area contributed by atoms with Crippen molar-refractivity contribution in [3.8, 4) is 0 Å². The Labute approximate surface area is 128 Å². The van der Waals surface area contributed by atoms with Gasteiger partial charge in [-0.25, -0.2) is 8.42 Å². The van der Waals surface area contributed by atoms with Gasteiger partial charge in [0, 0.05) is 23.6 Å². The van der Waals surface area contributed by atoms with Crippen LogP contribution in [-0.2, 0) is 16.6 Å². The molecule has 2 unspecified atom stereocenters. The molecule has 6 heteroatoms. The van der Waals surface area contributed by atoms with E-state index in [0.717, 1.165) is 18.4 Å². The van der Waals surface area contributed by atoms with Gasteiger partial charge in [0.15, 0.2) is 0 Å². The van der Waals surface area contributed by atoms with Crippen molar-refractivity contribution in [2.75, 3.05) is 13.6 Å². The third kappa shape index (κ3) is 2.43. The Morgan fingerprint density at radius 1 is 1.40 bits per heavy atom. The number of nitrogens with zero attached hydrogens (tertiary/aromatic N) is 1. The van der Waals surface area contributed by atoms with Gasteiger partial charge < -0.3 is 5.32 Å². The lowest BCUT2D eigenvalue weighted by atomic mass is 10.1. The molecule has 1 aromatic rings. The number of nitrogens with one attached hydrogen (secondary N) is 1. The Kier molecular flexibility index (Phi) is 3.92. The summed E-state index contributed by atoms with van der Waals surface area (Å²) in [4.78, 5) is 0.401. The van der Waals surface area contributed by atoms with Crippen molar-refractivity contribution in [1.82, 2.24) is 9.62 Å². The van der Waals surface area contributed by atoms with Crippen LogP contribution in [0.1, 0.15) is 24.8 Å². The minimum absolute atomic E-state index is 0.213. The molecule has 2 bridgehead atoms. The van der Waals surface area contributed by atoms with E-state index in [1.165, 1.54) is 6.42 Å². The lowest BCUT2D eigenvalue weighted by molar-refractivity contribution is 0.333. The average Bonchev–Trinajstić information content (AvgIpc) is 3.03. The summed E-state index contributed by atoms with van der Waals surface area (Å²) in [7, 11) is -1.53. The smallest absolute Gasteiger partial charge is 0.244 e. The molecule has 2 fully saturated rings. The first-order chi connectivity index (χ1) is 9.52. The molecule has 1 saturated carbocycles. The predicted molar refractivity (Wildman–Crippen MR) is 81.9 cm³/mol. The molecule has 0 spiro atoms. The minimum Gasteiger partial charge on any atom is -0.316 e. The molecule has 2 atom stereocenters. The van der Waals surface area contributed by atoms with Crippen molar-refractivity contribution in [1.29, 1.82) is 0 Å². The fourth-order valence-electron chi connectivity index (χ4n) is 3.36. The molecule has 1 N–H and O–H groups in total. The van der Waals surface area contributed by atoms with Crippen LogP contribution in [0.25, 0.3) is 0 Å². The van der Waals surface area contributed by atoms with Crippen molar-refractivity contribution >= 4 is 26.0 Å². The van der Waals surface area contributed by atoms with Crippen molar-refractivity contribution in [3.63, 3.8) is 0 Å². The maximum Gasteiger partial charge on any atom is 0.244 e. The van der Waals surface area contributed by atoms with Gasteiger partial charge in [-0.15, -0.1) is 0 Å². The van der Waals surface area contributed by atoms with Gasteiger partial charge in [0.1, 0.15) is 0 Å². The Morgan fingerprint density at radius 2 is 2.20 bits per heavy atom. The summed E-state index contributed by atoms with van der Waals surface area (Å²) in [5, 5.41) is 3.05. The second-order valence-electron chi connectivity index (χ2n) is 5.70. The molecule has 110 valence electrons. The van der Waals surface area contributed by atoms with E-state index in [9.17, 15) is 8.42 Å². The summed E-state index contributed by atoms with van der Waals surface area (Å²) in [5.41, 5.74) is 0.985. The molecule has 1 heterocycles. The standard InChI is InChI=1S/C14H19BrN2O2S/c1-16-8-10-3-5-13(15)14(7-10)20(18,19)17-9-11-2-4-12(17)6-11/h3,5,7,11-12,16H,2,4,6,8-9H2,1H3. The topological polar surface area (TPSA) is 49.4 Å². The van der Waals surface area contributed by atoms with Crippen LogP contribution in [0.4, 0.5) is 0 Å². The Balaban J connectivity index is 1.96. The highest BCUT2D eigenvalue weighted by atomic mass is 79.9. The maximum atomic E-state index is 12.9. The zero-order valence-electron chi connectivity index (χ0n) is 11.5. The molecule has 1 aliphatic carbocycles. The number of halogens is 1. The molecule has 1 saturated heterocycles. The highest BCUT2D eigenvalue weighted by molar-refractivity contribution is 9.10. The van der Waals surface area contributed by atoms with Crippen LogP contribution in [0.5, 0.6) is 0 Å². The van der Waals surface area contributed by atoms with E-state index in [0.29, 0.717) is 28.4 Å². The van der Waals surface area contributed by atoms with Crippen molar-refractivity contribution in [2.24, 2.45) is 5.92 Å². The van der Waals surface area contributed by atoms with Gasteiger partial charge in [0.05, 0.1) is 4.90 Å². The van der Waals surface area contributed by atoms with Gasteiger partial charge in [0.2, 0.25) is 10.0 Å². The lowest BCUT2D eigenvalue weighted by Gasteiger charge is -2.26. The first-order valence-corrected chi connectivity index (χ1v) is 9.20. The van der Waals surface area contributed by atoms with Crippen LogP contribution < -0.4 is 5.32 Å². The van der Waals surface area contributed by atoms with E-state index in [1.807, 2.05) is 19.2 Å². The second kappa shape index (κ2) is 5.40. The summed E-state index contributed by atoms with van der Waals surface area (Å²) < 4.78 is 28.1. The zero-order chi connectivity index (χ0) is 14.3. The number of piperidine rings is 1. The largest absolute Gasteiger partial charge is 0.316 e. The second-order valence-corrected chi connectivity index (χ2v) is 8.42. The Morgan fingerprint density at radius 3 is 2.80 bits per heavy atom. The number of hydrogen-bond acceptors (Lipinski definition) is 3. The Hall–Kier alpha value is -0.430. The molecular formula is C14H19BrN2O2S. The lowest BCUT2D eigenvalue weighted by Crippen LogP contribution is -2.37. The summed E-state index contributed by atoms with van der Waals surface area (Å²) in [6, 6.07) is 5.76. The van der Waals surface area contributed by atoms with E-state index in [-0.39, 0.29) is 6.04 Å². The molecule has 3 rings (SSSR count). The van der Waals surface area contributed by atoms with Crippen molar-refractivity contribution in [2.45, 2.75) is 36.7 Å². The van der Waals surface area contributed by atoms with Crippen LogP contribution in [0.15, 0.2) is 27.6 Å². The quantitative estimate of drug-likeness (QED) is 0.898. The zero-order valence-corrected chi connectivity index (χ0v) is 13.9. The van der Waals surface area contributed by atoms with E-state index >= 15 is 0 Å². The van der Waals surface area contributed by atoms with Crippen LogP contribution in [0.3, 0.4) is 0 Å². The van der Waals surface area contributed by atoms with Gasteiger partial charge in [-0.3, -0.25) is 0 Å². The minimum atomic E-state index is -3.38.